The lowest BCUT2D eigenvalue weighted by atomic mass is 9.83. The van der Waals surface area contributed by atoms with Gasteiger partial charge in [0.15, 0.2) is 0 Å². The summed E-state index contributed by atoms with van der Waals surface area (Å²) in [5.74, 6) is -0.695. The Labute approximate surface area is 104 Å². The first-order valence-corrected chi connectivity index (χ1v) is 6.90. The molecule has 1 spiro atoms. The number of hydrogen-bond acceptors (Lipinski definition) is 2. The van der Waals surface area contributed by atoms with Crippen LogP contribution < -0.4 is 5.32 Å². The molecule has 2 aliphatic rings. The van der Waals surface area contributed by atoms with Gasteiger partial charge in [-0.25, -0.2) is 0 Å². The lowest BCUT2D eigenvalue weighted by molar-refractivity contribution is -0.147. The van der Waals surface area contributed by atoms with E-state index in [1.165, 1.54) is 38.5 Å². The summed E-state index contributed by atoms with van der Waals surface area (Å²) in [6, 6.07) is 0.630. The molecule has 3 nitrogen and oxygen atoms in total. The van der Waals surface area contributed by atoms with Crippen LogP contribution in [-0.2, 0) is 4.79 Å². The topological polar surface area (TPSA) is 49.3 Å². The van der Waals surface area contributed by atoms with Crippen molar-refractivity contribution < 1.29 is 9.90 Å². The van der Waals surface area contributed by atoms with Crippen LogP contribution in [0.25, 0.3) is 0 Å². The monoisotopic (exact) mass is 239 g/mol. The Morgan fingerprint density at radius 2 is 1.88 bits per heavy atom. The summed E-state index contributed by atoms with van der Waals surface area (Å²) in [7, 11) is 0. The molecule has 2 N–H and O–H groups in total. The normalized spacial score (nSPS) is 23.9. The fraction of sp³-hybridized carbons (Fsp3) is 0.929. The number of hydrogen-bond donors (Lipinski definition) is 2. The highest BCUT2D eigenvalue weighted by atomic mass is 16.4. The van der Waals surface area contributed by atoms with Gasteiger partial charge in [-0.2, -0.15) is 0 Å². The summed E-state index contributed by atoms with van der Waals surface area (Å²) in [5, 5.41) is 12.6. The number of carboxylic acid groups (broad SMARTS) is 1. The van der Waals surface area contributed by atoms with Gasteiger partial charge in [0.25, 0.3) is 0 Å². The first-order valence-electron chi connectivity index (χ1n) is 6.90. The molecular formula is C14H25NO2. The SMILES string of the molecule is CC(C)(CCNC1CCC2(CC1)CC2)C(=O)O. The Kier molecular flexibility index (Phi) is 3.48. The highest BCUT2D eigenvalue weighted by molar-refractivity contribution is 5.73. The second-order valence-corrected chi connectivity index (χ2v) is 6.67. The van der Waals surface area contributed by atoms with Crippen molar-refractivity contribution in [1.29, 1.82) is 0 Å². The lowest BCUT2D eigenvalue weighted by Crippen LogP contribution is -2.37. The molecule has 17 heavy (non-hydrogen) atoms. The van der Waals surface area contributed by atoms with Crippen LogP contribution in [0.4, 0.5) is 0 Å². The van der Waals surface area contributed by atoms with Crippen LogP contribution in [0.1, 0.15) is 58.8 Å². The molecule has 2 rings (SSSR count). The Morgan fingerprint density at radius 1 is 1.29 bits per heavy atom. The lowest BCUT2D eigenvalue weighted by Gasteiger charge is -2.30. The molecule has 0 unspecified atom stereocenters. The molecule has 0 aromatic rings. The Hall–Kier alpha value is -0.570. The third-order valence-corrected chi connectivity index (χ3v) is 4.77. The quantitative estimate of drug-likeness (QED) is 0.775. The molecule has 0 atom stereocenters. The van der Waals surface area contributed by atoms with Gasteiger partial charge in [0.2, 0.25) is 0 Å². The zero-order valence-corrected chi connectivity index (χ0v) is 11.1. The fourth-order valence-corrected chi connectivity index (χ4v) is 2.81. The predicted octanol–water partition coefficient (Wildman–Crippen LogP) is 2.80. The van der Waals surface area contributed by atoms with Crippen molar-refractivity contribution in [2.24, 2.45) is 10.8 Å². The summed E-state index contributed by atoms with van der Waals surface area (Å²) < 4.78 is 0. The van der Waals surface area contributed by atoms with E-state index < -0.39 is 11.4 Å². The van der Waals surface area contributed by atoms with Crippen molar-refractivity contribution in [3.05, 3.63) is 0 Å². The van der Waals surface area contributed by atoms with Crippen LogP contribution >= 0.6 is 0 Å². The molecule has 98 valence electrons. The molecule has 0 bridgehead atoms. The summed E-state index contributed by atoms with van der Waals surface area (Å²) >= 11 is 0. The molecular weight excluding hydrogens is 214 g/mol. The molecule has 0 aromatic carbocycles. The van der Waals surface area contributed by atoms with Crippen molar-refractivity contribution in [2.45, 2.75) is 64.8 Å². The second-order valence-electron chi connectivity index (χ2n) is 6.67. The van der Waals surface area contributed by atoms with Gasteiger partial charge in [-0.15, -0.1) is 0 Å². The number of aliphatic carboxylic acids is 1. The van der Waals surface area contributed by atoms with Crippen molar-refractivity contribution in [1.82, 2.24) is 5.32 Å². The Morgan fingerprint density at radius 3 is 2.35 bits per heavy atom. The van der Waals surface area contributed by atoms with E-state index in [2.05, 4.69) is 5.32 Å². The van der Waals surface area contributed by atoms with E-state index in [1.54, 1.807) is 13.8 Å². The van der Waals surface area contributed by atoms with Crippen LogP contribution in [0.2, 0.25) is 0 Å². The summed E-state index contributed by atoms with van der Waals surface area (Å²) in [5.41, 5.74) is 0.151. The minimum absolute atomic E-state index is 0.598. The minimum atomic E-state index is -0.695. The van der Waals surface area contributed by atoms with Gasteiger partial charge in [0, 0.05) is 6.04 Å². The van der Waals surface area contributed by atoms with Gasteiger partial charge >= 0.3 is 5.97 Å². The van der Waals surface area contributed by atoms with Crippen LogP contribution in [-0.4, -0.2) is 23.7 Å². The van der Waals surface area contributed by atoms with Gasteiger partial charge in [-0.1, -0.05) is 0 Å². The maximum absolute atomic E-state index is 11.0. The Balaban J connectivity index is 1.64. The molecule has 2 saturated carbocycles. The molecule has 2 fully saturated rings. The highest BCUT2D eigenvalue weighted by Crippen LogP contribution is 2.56. The molecule has 0 saturated heterocycles. The van der Waals surface area contributed by atoms with E-state index in [-0.39, 0.29) is 0 Å². The second kappa shape index (κ2) is 4.60. The molecule has 3 heteroatoms. The first kappa shape index (κ1) is 12.9. The van der Waals surface area contributed by atoms with E-state index in [4.69, 9.17) is 5.11 Å². The van der Waals surface area contributed by atoms with Crippen LogP contribution in [0.5, 0.6) is 0 Å². The number of carboxylic acids is 1. The smallest absolute Gasteiger partial charge is 0.309 e. The van der Waals surface area contributed by atoms with Crippen LogP contribution in [0, 0.1) is 10.8 Å². The first-order chi connectivity index (χ1) is 7.94. The maximum Gasteiger partial charge on any atom is 0.309 e. The van der Waals surface area contributed by atoms with E-state index in [0.717, 1.165) is 12.0 Å². The highest BCUT2D eigenvalue weighted by Gasteiger charge is 2.44. The standard InChI is InChI=1S/C14H25NO2/c1-13(2,12(16)17)9-10-15-11-3-5-14(6-4-11)7-8-14/h11,15H,3-10H2,1-2H3,(H,16,17). The molecule has 0 aliphatic heterocycles. The van der Waals surface area contributed by atoms with E-state index >= 15 is 0 Å². The summed E-state index contributed by atoms with van der Waals surface area (Å²) in [6.45, 7) is 4.44. The molecule has 0 heterocycles. The van der Waals surface area contributed by atoms with Crippen molar-refractivity contribution in [3.63, 3.8) is 0 Å². The average molecular weight is 239 g/mol. The van der Waals surface area contributed by atoms with Crippen molar-refractivity contribution in [3.8, 4) is 0 Å². The van der Waals surface area contributed by atoms with Crippen molar-refractivity contribution in [2.75, 3.05) is 6.54 Å². The Bertz CT molecular complexity index is 285. The molecule has 0 aromatic heterocycles. The van der Waals surface area contributed by atoms with Gasteiger partial charge < -0.3 is 10.4 Å². The fourth-order valence-electron chi connectivity index (χ4n) is 2.81. The van der Waals surface area contributed by atoms with E-state index in [9.17, 15) is 4.79 Å². The third kappa shape index (κ3) is 3.21. The predicted molar refractivity (Wildman–Crippen MR) is 68.0 cm³/mol. The van der Waals surface area contributed by atoms with Gasteiger partial charge in [-0.3, -0.25) is 4.79 Å². The zero-order chi connectivity index (χ0) is 12.5. The van der Waals surface area contributed by atoms with Gasteiger partial charge in [-0.05, 0) is 70.8 Å². The summed E-state index contributed by atoms with van der Waals surface area (Å²) in [6.07, 6.45) is 8.95. The van der Waals surface area contributed by atoms with Gasteiger partial charge in [0.1, 0.15) is 0 Å². The average Bonchev–Trinajstić information content (AvgIpc) is 3.01. The summed E-state index contributed by atoms with van der Waals surface area (Å²) in [4.78, 5) is 11.0. The largest absolute Gasteiger partial charge is 0.481 e. The number of rotatable bonds is 5. The number of carbonyl (C=O) groups is 1. The van der Waals surface area contributed by atoms with E-state index in [0.29, 0.717) is 12.5 Å². The maximum atomic E-state index is 11.0. The third-order valence-electron chi connectivity index (χ3n) is 4.77. The number of nitrogens with one attached hydrogen (secondary N) is 1. The van der Waals surface area contributed by atoms with Crippen LogP contribution in [0.15, 0.2) is 0 Å². The van der Waals surface area contributed by atoms with Crippen LogP contribution in [0.3, 0.4) is 0 Å². The molecule has 0 radical (unpaired) electrons. The minimum Gasteiger partial charge on any atom is -0.481 e. The zero-order valence-electron chi connectivity index (χ0n) is 11.1. The van der Waals surface area contributed by atoms with Gasteiger partial charge in [0.05, 0.1) is 5.41 Å². The molecule has 0 amide bonds. The van der Waals surface area contributed by atoms with Crippen molar-refractivity contribution >= 4 is 5.97 Å². The molecule has 2 aliphatic carbocycles. The van der Waals surface area contributed by atoms with E-state index in [1.807, 2.05) is 0 Å².